The van der Waals surface area contributed by atoms with Crippen LogP contribution >= 0.6 is 0 Å². The van der Waals surface area contributed by atoms with Crippen molar-refractivity contribution in [2.75, 3.05) is 7.11 Å². The lowest BCUT2D eigenvalue weighted by molar-refractivity contribution is -0.384. The number of ether oxygens (including phenoxy) is 1. The molecule has 1 aromatic carbocycles. The average Bonchev–Trinajstić information content (AvgIpc) is 2.27. The second-order valence-electron chi connectivity index (χ2n) is 2.86. The van der Waals surface area contributed by atoms with Crippen LogP contribution in [0.5, 0.6) is 5.75 Å². The Morgan fingerprint density at radius 3 is 2.81 bits per heavy atom. The van der Waals surface area contributed by atoms with Gasteiger partial charge in [-0.2, -0.15) is 0 Å². The first-order valence-corrected chi connectivity index (χ1v) is 4.28. The van der Waals surface area contributed by atoms with Gasteiger partial charge in [-0.1, -0.05) is 0 Å². The molecule has 1 N–H and O–H groups in total. The Bertz CT molecular complexity index is 453. The van der Waals surface area contributed by atoms with Gasteiger partial charge in [-0.25, -0.2) is 4.79 Å². The molecule has 0 amide bonds. The summed E-state index contributed by atoms with van der Waals surface area (Å²) in [5.74, 6) is -0.753. The van der Waals surface area contributed by atoms with Crippen molar-refractivity contribution in [3.63, 3.8) is 0 Å². The number of rotatable bonds is 3. The number of phenolic OH excluding ortho intramolecular Hbond substituents is 1. The van der Waals surface area contributed by atoms with Gasteiger partial charge in [0, 0.05) is 23.8 Å². The van der Waals surface area contributed by atoms with Crippen LogP contribution in [0, 0.1) is 10.1 Å². The largest absolute Gasteiger partial charge is 0.507 e. The third-order valence-corrected chi connectivity index (χ3v) is 1.82. The van der Waals surface area contributed by atoms with Crippen molar-refractivity contribution in [3.8, 4) is 5.75 Å². The molecular formula is C10H9NO5. The van der Waals surface area contributed by atoms with Crippen molar-refractivity contribution < 1.29 is 19.6 Å². The summed E-state index contributed by atoms with van der Waals surface area (Å²) < 4.78 is 4.35. The van der Waals surface area contributed by atoms with Crippen LogP contribution in [-0.4, -0.2) is 23.1 Å². The summed E-state index contributed by atoms with van der Waals surface area (Å²) in [6, 6.07) is 3.52. The molecule has 0 unspecified atom stereocenters. The number of carbonyl (C=O) groups is 1. The number of esters is 1. The molecule has 1 rings (SSSR count). The molecule has 1 aromatic rings. The zero-order chi connectivity index (χ0) is 12.1. The van der Waals surface area contributed by atoms with Gasteiger partial charge < -0.3 is 9.84 Å². The second-order valence-corrected chi connectivity index (χ2v) is 2.86. The molecule has 0 fully saturated rings. The van der Waals surface area contributed by atoms with Crippen molar-refractivity contribution in [3.05, 3.63) is 40.0 Å². The normalized spacial score (nSPS) is 10.3. The number of hydrogen-bond acceptors (Lipinski definition) is 5. The minimum atomic E-state index is -0.606. The van der Waals surface area contributed by atoms with Crippen LogP contribution in [0.3, 0.4) is 0 Å². The van der Waals surface area contributed by atoms with Gasteiger partial charge in [0.1, 0.15) is 5.75 Å². The highest BCUT2D eigenvalue weighted by atomic mass is 16.6. The zero-order valence-corrected chi connectivity index (χ0v) is 8.41. The summed E-state index contributed by atoms with van der Waals surface area (Å²) in [5, 5.41) is 19.8. The van der Waals surface area contributed by atoms with Crippen LogP contribution in [0.15, 0.2) is 24.3 Å². The van der Waals surface area contributed by atoms with E-state index >= 15 is 0 Å². The summed E-state index contributed by atoms with van der Waals surface area (Å²) in [6.45, 7) is 0. The quantitative estimate of drug-likeness (QED) is 0.363. The number of carbonyl (C=O) groups excluding carboxylic acids is 1. The minimum Gasteiger partial charge on any atom is -0.507 e. The van der Waals surface area contributed by atoms with Crippen molar-refractivity contribution >= 4 is 17.7 Å². The smallest absolute Gasteiger partial charge is 0.330 e. The van der Waals surface area contributed by atoms with Gasteiger partial charge >= 0.3 is 5.97 Å². The first-order valence-electron chi connectivity index (χ1n) is 4.28. The summed E-state index contributed by atoms with van der Waals surface area (Å²) >= 11 is 0. The SMILES string of the molecule is COC(=O)/C=C\c1cc([N+](=O)[O-])ccc1O. The number of nitrogens with zero attached hydrogens (tertiary/aromatic N) is 1. The lowest BCUT2D eigenvalue weighted by Gasteiger charge is -1.98. The Morgan fingerprint density at radius 1 is 1.56 bits per heavy atom. The zero-order valence-electron chi connectivity index (χ0n) is 8.41. The average molecular weight is 223 g/mol. The molecule has 0 heterocycles. The number of hydrogen-bond donors (Lipinski definition) is 1. The van der Waals surface area contributed by atoms with Crippen molar-refractivity contribution in [1.82, 2.24) is 0 Å². The molecule has 6 heteroatoms. The summed E-state index contributed by atoms with van der Waals surface area (Å²) in [5.41, 5.74) is 0.0157. The molecule has 0 saturated heterocycles. The van der Waals surface area contributed by atoms with Gasteiger partial charge in [0.15, 0.2) is 0 Å². The molecule has 0 saturated carbocycles. The summed E-state index contributed by atoms with van der Waals surface area (Å²) in [7, 11) is 1.21. The van der Waals surface area contributed by atoms with Crippen molar-refractivity contribution in [1.29, 1.82) is 0 Å². The number of nitro benzene ring substituents is 1. The minimum absolute atomic E-state index is 0.147. The number of nitro groups is 1. The maximum atomic E-state index is 10.8. The highest BCUT2D eigenvalue weighted by Crippen LogP contribution is 2.23. The monoisotopic (exact) mass is 223 g/mol. The van der Waals surface area contributed by atoms with Gasteiger partial charge in [-0.15, -0.1) is 0 Å². The maximum Gasteiger partial charge on any atom is 0.330 e. The predicted octanol–water partition coefficient (Wildman–Crippen LogP) is 1.49. The fourth-order valence-corrected chi connectivity index (χ4v) is 1.01. The third-order valence-electron chi connectivity index (χ3n) is 1.82. The number of phenols is 1. The highest BCUT2D eigenvalue weighted by molar-refractivity contribution is 5.87. The second kappa shape index (κ2) is 4.92. The van der Waals surface area contributed by atoms with Crippen molar-refractivity contribution in [2.24, 2.45) is 0 Å². The predicted molar refractivity (Wildman–Crippen MR) is 55.8 cm³/mol. The molecule has 0 atom stereocenters. The Balaban J connectivity index is 3.03. The van der Waals surface area contributed by atoms with Gasteiger partial charge in [0.2, 0.25) is 0 Å². The van der Waals surface area contributed by atoms with E-state index in [0.29, 0.717) is 0 Å². The Morgan fingerprint density at radius 2 is 2.25 bits per heavy atom. The van der Waals surface area contributed by atoms with Crippen LogP contribution < -0.4 is 0 Å². The third kappa shape index (κ3) is 2.81. The van der Waals surface area contributed by atoms with Gasteiger partial charge in [0.25, 0.3) is 5.69 Å². The van der Waals surface area contributed by atoms with Crippen LogP contribution in [0.1, 0.15) is 5.56 Å². The molecule has 0 bridgehead atoms. The first-order chi connectivity index (χ1) is 7.54. The maximum absolute atomic E-state index is 10.8. The molecule has 0 aromatic heterocycles. The summed E-state index contributed by atoms with van der Waals surface area (Å²) in [6.07, 6.45) is 2.31. The van der Waals surface area contributed by atoms with Crippen LogP contribution in [0.2, 0.25) is 0 Å². The molecule has 6 nitrogen and oxygen atoms in total. The molecule has 0 radical (unpaired) electrons. The van der Waals surface area contributed by atoms with E-state index in [1.165, 1.54) is 25.3 Å². The lowest BCUT2D eigenvalue weighted by atomic mass is 10.1. The number of benzene rings is 1. The van der Waals surface area contributed by atoms with E-state index in [1.54, 1.807) is 0 Å². The van der Waals surface area contributed by atoms with Crippen molar-refractivity contribution in [2.45, 2.75) is 0 Å². The molecule has 84 valence electrons. The van der Waals surface area contributed by atoms with E-state index in [2.05, 4.69) is 4.74 Å². The number of aromatic hydroxyl groups is 1. The fourth-order valence-electron chi connectivity index (χ4n) is 1.01. The van der Waals surface area contributed by atoms with Gasteiger partial charge in [-0.3, -0.25) is 10.1 Å². The number of methoxy groups -OCH3 is 1. The fraction of sp³-hybridized carbons (Fsp3) is 0.100. The van der Waals surface area contributed by atoms with E-state index < -0.39 is 10.9 Å². The molecule has 0 spiro atoms. The van der Waals surface area contributed by atoms with Gasteiger partial charge in [-0.05, 0) is 12.1 Å². The summed E-state index contributed by atoms with van der Waals surface area (Å²) in [4.78, 5) is 20.7. The topological polar surface area (TPSA) is 89.7 Å². The van der Waals surface area contributed by atoms with Gasteiger partial charge in [0.05, 0.1) is 12.0 Å². The highest BCUT2D eigenvalue weighted by Gasteiger charge is 2.08. The molecule has 0 aliphatic carbocycles. The standard InChI is InChI=1S/C10H9NO5/c1-16-10(13)5-2-7-6-8(11(14)15)3-4-9(7)12/h2-6,12H,1H3/b5-2-. The van der Waals surface area contributed by atoms with Crippen LogP contribution in [0.25, 0.3) is 6.08 Å². The van der Waals surface area contributed by atoms with E-state index in [4.69, 9.17) is 0 Å². The first kappa shape index (κ1) is 11.7. The Hall–Kier alpha value is -2.37. The van der Waals surface area contributed by atoms with E-state index in [0.717, 1.165) is 12.1 Å². The van der Waals surface area contributed by atoms with Crippen LogP contribution in [0.4, 0.5) is 5.69 Å². The molecule has 16 heavy (non-hydrogen) atoms. The Kier molecular flexibility index (Phi) is 3.60. The Labute approximate surface area is 90.9 Å². The van der Waals surface area contributed by atoms with Crippen LogP contribution in [-0.2, 0) is 9.53 Å². The molecular weight excluding hydrogens is 214 g/mol. The van der Waals surface area contributed by atoms with E-state index in [9.17, 15) is 20.0 Å². The van der Waals surface area contributed by atoms with E-state index in [1.807, 2.05) is 0 Å². The lowest BCUT2D eigenvalue weighted by Crippen LogP contribution is -1.93. The molecule has 0 aliphatic heterocycles. The number of non-ortho nitro benzene ring substituents is 1. The molecule has 0 aliphatic rings. The van der Waals surface area contributed by atoms with E-state index in [-0.39, 0.29) is 17.0 Å².